The summed E-state index contributed by atoms with van der Waals surface area (Å²) < 4.78 is 4.94. The number of carboxylic acid groups (broad SMARTS) is 1. The Kier molecular flexibility index (Phi) is 9.50. The number of rotatable bonds is 4. The van der Waals surface area contributed by atoms with E-state index in [9.17, 15) is 4.79 Å². The summed E-state index contributed by atoms with van der Waals surface area (Å²) in [6.45, 7) is 2.95. The molecule has 1 amide bonds. The van der Waals surface area contributed by atoms with E-state index in [1.54, 1.807) is 0 Å². The molecule has 0 radical (unpaired) electrons. The van der Waals surface area contributed by atoms with Crippen LogP contribution in [0.1, 0.15) is 25.7 Å². The summed E-state index contributed by atoms with van der Waals surface area (Å²) in [5.74, 6) is 1.36. The van der Waals surface area contributed by atoms with Crippen molar-refractivity contribution in [2.75, 3.05) is 38.6 Å². The molecule has 0 bridgehead atoms. The third-order valence-corrected chi connectivity index (χ3v) is 6.00. The lowest BCUT2D eigenvalue weighted by Gasteiger charge is -2.23. The Labute approximate surface area is 123 Å². The van der Waals surface area contributed by atoms with E-state index in [1.807, 2.05) is 10.8 Å². The van der Waals surface area contributed by atoms with Crippen LogP contribution in [0.15, 0.2) is 0 Å². The molecule has 19 heavy (non-hydrogen) atoms. The fraction of sp³-hybridized carbons (Fsp3) is 0.917. The van der Waals surface area contributed by atoms with E-state index in [2.05, 4.69) is 10.8 Å². The topological polar surface area (TPSA) is 75.8 Å². The van der Waals surface area contributed by atoms with Crippen LogP contribution in [-0.2, 0) is 4.74 Å². The van der Waals surface area contributed by atoms with Gasteiger partial charge in [-0.1, -0.05) is 28.0 Å². The normalized spacial score (nSPS) is 22.8. The minimum absolute atomic E-state index is 0.509. The van der Waals surface area contributed by atoms with E-state index >= 15 is 0 Å². The summed E-state index contributed by atoms with van der Waals surface area (Å²) >= 11 is 0. The second kappa shape index (κ2) is 10.7. The molecule has 3 N–H and O–H groups in total. The minimum atomic E-state index is -0.849. The van der Waals surface area contributed by atoms with E-state index in [-0.39, 0.29) is 0 Å². The molecule has 0 aliphatic carbocycles. The molecule has 2 fully saturated rings. The largest absolute Gasteiger partial charge is 0.465 e. The molecule has 0 aromatic carbocycles. The fourth-order valence-electron chi connectivity index (χ4n) is 1.84. The van der Waals surface area contributed by atoms with Crippen LogP contribution in [-0.4, -0.2) is 60.0 Å². The molecule has 0 saturated carbocycles. The van der Waals surface area contributed by atoms with Gasteiger partial charge >= 0.3 is 6.09 Å². The van der Waals surface area contributed by atoms with Crippen molar-refractivity contribution in [1.29, 1.82) is 0 Å². The Bertz CT molecular complexity index is 245. The predicted molar refractivity (Wildman–Crippen MR) is 81.8 cm³/mol. The van der Waals surface area contributed by atoms with Gasteiger partial charge in [0.25, 0.3) is 0 Å². The third-order valence-electron chi connectivity index (χ3n) is 2.99. The molecule has 7 heteroatoms. The molecule has 5 nitrogen and oxygen atoms in total. The van der Waals surface area contributed by atoms with Crippen molar-refractivity contribution in [2.24, 2.45) is 5.73 Å². The zero-order valence-corrected chi connectivity index (χ0v) is 12.9. The van der Waals surface area contributed by atoms with Gasteiger partial charge in [0.1, 0.15) is 0 Å². The standard InChI is InChI=1S/C7H15NS2.C5H9NO3/c8-5-2-1-3-7-4-6-9-10-7;7-5(8)6-1-3-9-4-2-6/h7H,1-6,8H2;1-4H2,(H,7,8). The number of ether oxygens (including phenoxy) is 1. The number of hydrogen-bond acceptors (Lipinski definition) is 5. The van der Waals surface area contributed by atoms with Crippen molar-refractivity contribution in [3.8, 4) is 0 Å². The van der Waals surface area contributed by atoms with Crippen molar-refractivity contribution >= 4 is 27.7 Å². The molecule has 0 aromatic heterocycles. The number of amides is 1. The van der Waals surface area contributed by atoms with Gasteiger partial charge in [0.2, 0.25) is 0 Å². The van der Waals surface area contributed by atoms with Crippen LogP contribution in [0.2, 0.25) is 0 Å². The summed E-state index contributed by atoms with van der Waals surface area (Å²) in [4.78, 5) is 11.6. The maximum atomic E-state index is 10.2. The summed E-state index contributed by atoms with van der Waals surface area (Å²) in [6.07, 6.45) is 4.49. The zero-order chi connectivity index (χ0) is 13.9. The molecule has 1 unspecified atom stereocenters. The number of nitrogens with zero attached hydrogens (tertiary/aromatic N) is 1. The van der Waals surface area contributed by atoms with E-state index in [1.165, 1.54) is 36.3 Å². The number of unbranched alkanes of at least 4 members (excludes halogenated alkanes) is 1. The molecule has 2 aliphatic heterocycles. The SMILES string of the molecule is NCCCCC1CCSS1.O=C(O)N1CCOCC1. The molecule has 0 spiro atoms. The first-order valence-corrected chi connectivity index (χ1v) is 9.16. The van der Waals surface area contributed by atoms with Gasteiger partial charge in [0.15, 0.2) is 0 Å². The molecule has 112 valence electrons. The van der Waals surface area contributed by atoms with Gasteiger partial charge in [-0.05, 0) is 25.8 Å². The summed E-state index contributed by atoms with van der Waals surface area (Å²) in [7, 11) is 4.09. The highest BCUT2D eigenvalue weighted by Gasteiger charge is 2.15. The first-order valence-electron chi connectivity index (χ1n) is 6.78. The van der Waals surface area contributed by atoms with Crippen LogP contribution in [0.5, 0.6) is 0 Å². The first-order chi connectivity index (χ1) is 9.24. The first kappa shape index (κ1) is 16.9. The average molecular weight is 308 g/mol. The van der Waals surface area contributed by atoms with Gasteiger partial charge in [-0.15, -0.1) is 0 Å². The lowest BCUT2D eigenvalue weighted by atomic mass is 10.1. The Morgan fingerprint density at radius 1 is 1.37 bits per heavy atom. The molecule has 2 aliphatic rings. The van der Waals surface area contributed by atoms with Gasteiger partial charge in [0, 0.05) is 24.1 Å². The van der Waals surface area contributed by atoms with Crippen LogP contribution >= 0.6 is 21.6 Å². The third kappa shape index (κ3) is 7.91. The van der Waals surface area contributed by atoms with Crippen LogP contribution in [0, 0.1) is 0 Å². The average Bonchev–Trinajstić information content (AvgIpc) is 2.94. The Morgan fingerprint density at radius 3 is 2.58 bits per heavy atom. The molecule has 2 heterocycles. The van der Waals surface area contributed by atoms with Crippen molar-refractivity contribution in [1.82, 2.24) is 4.90 Å². The van der Waals surface area contributed by atoms with Gasteiger partial charge in [-0.3, -0.25) is 0 Å². The molecular weight excluding hydrogens is 284 g/mol. The van der Waals surface area contributed by atoms with E-state index < -0.39 is 6.09 Å². The molecule has 2 saturated heterocycles. The van der Waals surface area contributed by atoms with Crippen LogP contribution in [0.4, 0.5) is 4.79 Å². The van der Waals surface area contributed by atoms with E-state index in [0.717, 1.165) is 11.8 Å². The van der Waals surface area contributed by atoms with Crippen LogP contribution in [0.25, 0.3) is 0 Å². The Balaban J connectivity index is 0.000000191. The summed E-state index contributed by atoms with van der Waals surface area (Å²) in [5, 5.41) is 9.35. The number of hydrogen-bond donors (Lipinski definition) is 2. The highest BCUT2D eigenvalue weighted by Crippen LogP contribution is 2.39. The predicted octanol–water partition coefficient (Wildman–Crippen LogP) is 2.27. The number of nitrogens with two attached hydrogens (primary N) is 1. The highest BCUT2D eigenvalue weighted by molar-refractivity contribution is 8.77. The lowest BCUT2D eigenvalue weighted by Crippen LogP contribution is -2.39. The smallest absolute Gasteiger partial charge is 0.407 e. The van der Waals surface area contributed by atoms with Crippen molar-refractivity contribution in [3.63, 3.8) is 0 Å². The molecule has 0 aromatic rings. The second-order valence-electron chi connectivity index (χ2n) is 4.50. The fourth-order valence-corrected chi connectivity index (χ4v) is 4.86. The summed E-state index contributed by atoms with van der Waals surface area (Å²) in [6, 6.07) is 0. The molecule has 2 rings (SSSR count). The molecule has 1 atom stereocenters. The number of morpholine rings is 1. The van der Waals surface area contributed by atoms with Gasteiger partial charge < -0.3 is 20.5 Å². The Morgan fingerprint density at radius 2 is 2.11 bits per heavy atom. The molecular formula is C12H24N2O3S2. The Hall–Kier alpha value is -0.110. The monoisotopic (exact) mass is 308 g/mol. The minimum Gasteiger partial charge on any atom is -0.465 e. The van der Waals surface area contributed by atoms with Crippen molar-refractivity contribution in [3.05, 3.63) is 0 Å². The quantitative estimate of drug-likeness (QED) is 0.613. The van der Waals surface area contributed by atoms with Crippen LogP contribution < -0.4 is 5.73 Å². The van der Waals surface area contributed by atoms with Gasteiger partial charge in [-0.25, -0.2) is 4.79 Å². The lowest BCUT2D eigenvalue weighted by molar-refractivity contribution is 0.0392. The maximum Gasteiger partial charge on any atom is 0.407 e. The van der Waals surface area contributed by atoms with Crippen LogP contribution in [0.3, 0.4) is 0 Å². The zero-order valence-electron chi connectivity index (χ0n) is 11.3. The van der Waals surface area contributed by atoms with E-state index in [0.29, 0.717) is 26.3 Å². The van der Waals surface area contributed by atoms with Crippen molar-refractivity contribution in [2.45, 2.75) is 30.9 Å². The summed E-state index contributed by atoms with van der Waals surface area (Å²) in [5.41, 5.74) is 5.40. The van der Waals surface area contributed by atoms with Crippen molar-refractivity contribution < 1.29 is 14.6 Å². The maximum absolute atomic E-state index is 10.2. The second-order valence-corrected chi connectivity index (χ2v) is 7.28. The number of carbonyl (C=O) groups is 1. The van der Waals surface area contributed by atoms with Gasteiger partial charge in [-0.2, -0.15) is 0 Å². The van der Waals surface area contributed by atoms with E-state index in [4.69, 9.17) is 15.6 Å². The highest BCUT2D eigenvalue weighted by atomic mass is 33.1. The van der Waals surface area contributed by atoms with Gasteiger partial charge in [0.05, 0.1) is 13.2 Å².